The normalized spacial score (nSPS) is 15.2. The minimum atomic E-state index is -0.261. The summed E-state index contributed by atoms with van der Waals surface area (Å²) in [6.07, 6.45) is 1.67. The number of benzene rings is 1. The van der Waals surface area contributed by atoms with Gasteiger partial charge in [0.1, 0.15) is 5.82 Å². The Bertz CT molecular complexity index is 808. The molecule has 3 rings (SSSR count). The summed E-state index contributed by atoms with van der Waals surface area (Å²) in [5, 5.41) is 0. The number of hydrogen-bond donors (Lipinski definition) is 1. The molecule has 1 saturated heterocycles. The highest BCUT2D eigenvalue weighted by molar-refractivity contribution is 5.94. The molecule has 0 spiro atoms. The third-order valence-electron chi connectivity index (χ3n) is 4.75. The van der Waals surface area contributed by atoms with Crippen LogP contribution in [0.3, 0.4) is 0 Å². The van der Waals surface area contributed by atoms with E-state index in [1.165, 1.54) is 18.2 Å². The maximum atomic E-state index is 13.0. The fourth-order valence-corrected chi connectivity index (χ4v) is 3.34. The molecule has 1 aromatic carbocycles. The maximum absolute atomic E-state index is 13.0. The Kier molecular flexibility index (Phi) is 4.88. The van der Waals surface area contributed by atoms with Gasteiger partial charge in [0.2, 0.25) is 5.56 Å². The molecule has 6 heteroatoms. The van der Waals surface area contributed by atoms with Crippen LogP contribution in [0.4, 0.5) is 10.1 Å². The second-order valence-electron chi connectivity index (χ2n) is 6.53. The monoisotopic (exact) mass is 343 g/mol. The van der Waals surface area contributed by atoms with Crippen LogP contribution < -0.4 is 10.5 Å². The molecule has 1 amide bonds. The van der Waals surface area contributed by atoms with E-state index in [1.54, 1.807) is 37.1 Å². The van der Waals surface area contributed by atoms with Gasteiger partial charge in [-0.3, -0.25) is 9.59 Å². The lowest BCUT2D eigenvalue weighted by Gasteiger charge is -2.38. The van der Waals surface area contributed by atoms with Gasteiger partial charge in [0.05, 0.1) is 0 Å². The van der Waals surface area contributed by atoms with Gasteiger partial charge in [-0.15, -0.1) is 0 Å². The fourth-order valence-electron chi connectivity index (χ4n) is 3.34. The van der Waals surface area contributed by atoms with Crippen molar-refractivity contribution in [2.24, 2.45) is 0 Å². The summed E-state index contributed by atoms with van der Waals surface area (Å²) in [7, 11) is 1.79. The number of pyridine rings is 1. The molecule has 0 bridgehead atoms. The quantitative estimate of drug-likeness (QED) is 0.932. The van der Waals surface area contributed by atoms with Gasteiger partial charge in [-0.05, 0) is 50.1 Å². The number of piperidine rings is 1. The summed E-state index contributed by atoms with van der Waals surface area (Å²) in [5.74, 6) is -0.369. The number of nitrogens with zero attached hydrogens (tertiary/aromatic N) is 2. The first-order valence-corrected chi connectivity index (χ1v) is 8.42. The molecule has 1 N–H and O–H groups in total. The van der Waals surface area contributed by atoms with Crippen molar-refractivity contribution in [2.75, 3.05) is 25.0 Å². The van der Waals surface area contributed by atoms with Crippen LogP contribution in [0.25, 0.3) is 0 Å². The zero-order valence-corrected chi connectivity index (χ0v) is 14.5. The topological polar surface area (TPSA) is 56.4 Å². The molecule has 0 saturated carbocycles. The van der Waals surface area contributed by atoms with Crippen LogP contribution in [-0.4, -0.2) is 42.0 Å². The largest absolute Gasteiger partial charge is 0.371 e. The van der Waals surface area contributed by atoms with Crippen LogP contribution in [0.15, 0.2) is 41.2 Å². The molecular weight excluding hydrogens is 321 g/mol. The first-order valence-electron chi connectivity index (χ1n) is 8.42. The standard InChI is InChI=1S/C19H22FN3O2/c1-13-11-14(12-18(24)21-13)19(25)22(2)16-7-9-23(10-8-16)17-5-3-15(20)4-6-17/h3-6,11-12,16H,7-10H2,1-2H3,(H,21,24). The van der Waals surface area contributed by atoms with Gasteiger partial charge in [0, 0.05) is 49.2 Å². The van der Waals surface area contributed by atoms with E-state index in [-0.39, 0.29) is 23.3 Å². The molecule has 2 heterocycles. The van der Waals surface area contributed by atoms with E-state index >= 15 is 0 Å². The van der Waals surface area contributed by atoms with Crippen molar-refractivity contribution in [3.8, 4) is 0 Å². The van der Waals surface area contributed by atoms with Crippen molar-refractivity contribution >= 4 is 11.6 Å². The number of anilines is 1. The highest BCUT2D eigenvalue weighted by atomic mass is 19.1. The van der Waals surface area contributed by atoms with Gasteiger partial charge >= 0.3 is 0 Å². The van der Waals surface area contributed by atoms with Crippen LogP contribution in [-0.2, 0) is 0 Å². The van der Waals surface area contributed by atoms with Crippen LogP contribution in [0.5, 0.6) is 0 Å². The molecule has 1 aliphatic rings. The van der Waals surface area contributed by atoms with Crippen molar-refractivity contribution < 1.29 is 9.18 Å². The first-order chi connectivity index (χ1) is 11.9. The SMILES string of the molecule is Cc1cc(C(=O)N(C)C2CCN(c3ccc(F)cc3)CC2)cc(=O)[nH]1. The van der Waals surface area contributed by atoms with Gasteiger partial charge in [-0.25, -0.2) is 4.39 Å². The van der Waals surface area contributed by atoms with Gasteiger partial charge < -0.3 is 14.8 Å². The lowest BCUT2D eigenvalue weighted by atomic mass is 10.0. The number of carbonyl (C=O) groups is 1. The predicted molar refractivity (Wildman–Crippen MR) is 95.5 cm³/mol. The Balaban J connectivity index is 1.64. The molecule has 132 valence electrons. The zero-order chi connectivity index (χ0) is 18.0. The Hall–Kier alpha value is -2.63. The van der Waals surface area contributed by atoms with Crippen molar-refractivity contribution in [1.29, 1.82) is 0 Å². The zero-order valence-electron chi connectivity index (χ0n) is 14.5. The van der Waals surface area contributed by atoms with E-state index in [9.17, 15) is 14.0 Å². The second-order valence-corrected chi connectivity index (χ2v) is 6.53. The Labute approximate surface area is 146 Å². The molecule has 0 aliphatic carbocycles. The Morgan fingerprint density at radius 3 is 2.44 bits per heavy atom. The molecule has 1 aliphatic heterocycles. The smallest absolute Gasteiger partial charge is 0.254 e. The predicted octanol–water partition coefficient (Wildman–Crippen LogP) is 2.56. The summed E-state index contributed by atoms with van der Waals surface area (Å²) in [5.41, 5.74) is 1.84. The van der Waals surface area contributed by atoms with Crippen molar-refractivity contribution in [3.63, 3.8) is 0 Å². The van der Waals surface area contributed by atoms with Gasteiger partial charge in [-0.2, -0.15) is 0 Å². The number of aromatic amines is 1. The number of rotatable bonds is 3. The number of halogens is 1. The molecule has 0 radical (unpaired) electrons. The van der Waals surface area contributed by atoms with E-state index in [1.807, 2.05) is 0 Å². The average Bonchev–Trinajstić information content (AvgIpc) is 2.60. The molecule has 1 aromatic heterocycles. The highest BCUT2D eigenvalue weighted by Crippen LogP contribution is 2.23. The van der Waals surface area contributed by atoms with Crippen LogP contribution in [0.1, 0.15) is 28.9 Å². The number of carbonyl (C=O) groups excluding carboxylic acids is 1. The number of hydrogen-bond acceptors (Lipinski definition) is 3. The highest BCUT2D eigenvalue weighted by Gasteiger charge is 2.26. The Morgan fingerprint density at radius 2 is 1.84 bits per heavy atom. The number of amides is 1. The lowest BCUT2D eigenvalue weighted by Crippen LogP contribution is -2.45. The van der Waals surface area contributed by atoms with Gasteiger partial charge in [0.25, 0.3) is 5.91 Å². The molecule has 0 unspecified atom stereocenters. The molecule has 2 aromatic rings. The van der Waals surface area contributed by atoms with Crippen molar-refractivity contribution in [2.45, 2.75) is 25.8 Å². The maximum Gasteiger partial charge on any atom is 0.254 e. The van der Waals surface area contributed by atoms with E-state index in [0.717, 1.165) is 31.6 Å². The molecular formula is C19H22FN3O2. The van der Waals surface area contributed by atoms with Crippen molar-refractivity contribution in [1.82, 2.24) is 9.88 Å². The number of H-pyrrole nitrogens is 1. The number of aryl methyl sites for hydroxylation is 1. The summed E-state index contributed by atoms with van der Waals surface area (Å²) >= 11 is 0. The van der Waals surface area contributed by atoms with E-state index < -0.39 is 0 Å². The second kappa shape index (κ2) is 7.09. The third kappa shape index (κ3) is 3.90. The van der Waals surface area contributed by atoms with Crippen molar-refractivity contribution in [3.05, 3.63) is 63.8 Å². The summed E-state index contributed by atoms with van der Waals surface area (Å²) in [6, 6.07) is 9.67. The minimum absolute atomic E-state index is 0.129. The van der Waals surface area contributed by atoms with Crippen LogP contribution >= 0.6 is 0 Å². The molecule has 5 nitrogen and oxygen atoms in total. The van der Waals surface area contributed by atoms with E-state index in [4.69, 9.17) is 0 Å². The first kappa shape index (κ1) is 17.2. The van der Waals surface area contributed by atoms with Gasteiger partial charge in [-0.1, -0.05) is 0 Å². The summed E-state index contributed by atoms with van der Waals surface area (Å²) in [4.78, 5) is 30.8. The van der Waals surface area contributed by atoms with Crippen LogP contribution in [0, 0.1) is 12.7 Å². The summed E-state index contributed by atoms with van der Waals surface area (Å²) < 4.78 is 13.0. The van der Waals surface area contributed by atoms with E-state index in [0.29, 0.717) is 11.3 Å². The average molecular weight is 343 g/mol. The fraction of sp³-hybridized carbons (Fsp3) is 0.368. The van der Waals surface area contributed by atoms with Gasteiger partial charge in [0.15, 0.2) is 0 Å². The Morgan fingerprint density at radius 1 is 1.20 bits per heavy atom. The summed E-state index contributed by atoms with van der Waals surface area (Å²) in [6.45, 7) is 3.38. The minimum Gasteiger partial charge on any atom is -0.371 e. The number of aromatic nitrogens is 1. The molecule has 0 atom stereocenters. The molecule has 25 heavy (non-hydrogen) atoms. The third-order valence-corrected chi connectivity index (χ3v) is 4.75. The molecule has 1 fully saturated rings. The lowest BCUT2D eigenvalue weighted by molar-refractivity contribution is 0.0709. The number of nitrogens with one attached hydrogen (secondary N) is 1. The van der Waals surface area contributed by atoms with Crippen LogP contribution in [0.2, 0.25) is 0 Å². The van der Waals surface area contributed by atoms with E-state index in [2.05, 4.69) is 9.88 Å².